The Hall–Kier alpha value is -0.760. The van der Waals surface area contributed by atoms with E-state index in [1.54, 1.807) is 18.4 Å². The fourth-order valence-electron chi connectivity index (χ4n) is 1.04. The Morgan fingerprint density at radius 3 is 2.73 bits per heavy atom. The molecule has 0 aliphatic rings. The third-order valence-corrected chi connectivity index (χ3v) is 1.57. The van der Waals surface area contributed by atoms with E-state index in [0.717, 1.165) is 6.42 Å². The molecule has 1 aromatic rings. The van der Waals surface area contributed by atoms with E-state index in [-0.39, 0.29) is 0 Å². The van der Waals surface area contributed by atoms with E-state index in [2.05, 4.69) is 13.8 Å². The monoisotopic (exact) mass is 154 g/mol. The van der Waals surface area contributed by atoms with E-state index in [1.807, 2.05) is 0 Å². The Kier molecular flexibility index (Phi) is 2.71. The summed E-state index contributed by atoms with van der Waals surface area (Å²) in [6, 6.07) is 3.59. The summed E-state index contributed by atoms with van der Waals surface area (Å²) in [6.45, 7) is 4.15. The summed E-state index contributed by atoms with van der Waals surface area (Å²) in [5, 5.41) is 9.49. The van der Waals surface area contributed by atoms with Gasteiger partial charge in [-0.05, 0) is 24.5 Å². The predicted molar refractivity (Wildman–Crippen MR) is 43.1 cm³/mol. The Bertz CT molecular complexity index is 189. The smallest absolute Gasteiger partial charge is 0.132 e. The van der Waals surface area contributed by atoms with E-state index < -0.39 is 6.10 Å². The number of aliphatic hydroxyl groups is 1. The average molecular weight is 154 g/mol. The highest BCUT2D eigenvalue weighted by atomic mass is 16.4. The van der Waals surface area contributed by atoms with Gasteiger partial charge < -0.3 is 9.52 Å². The number of aliphatic hydroxyl groups excluding tert-OH is 1. The van der Waals surface area contributed by atoms with Crippen LogP contribution >= 0.6 is 0 Å². The maximum atomic E-state index is 9.49. The zero-order valence-electron chi connectivity index (χ0n) is 6.95. The van der Waals surface area contributed by atoms with Crippen molar-refractivity contribution in [1.29, 1.82) is 0 Å². The van der Waals surface area contributed by atoms with Gasteiger partial charge in [-0.1, -0.05) is 13.8 Å². The van der Waals surface area contributed by atoms with Gasteiger partial charge in [-0.15, -0.1) is 0 Å². The standard InChI is InChI=1S/C9H14O2/c1-7(2)6-8(10)9-4-3-5-11-9/h3-5,7-8,10H,6H2,1-2H3. The predicted octanol–water partition coefficient (Wildman–Crippen LogP) is 2.36. The molecule has 0 aliphatic heterocycles. The lowest BCUT2D eigenvalue weighted by atomic mass is 10.0. The first-order chi connectivity index (χ1) is 5.20. The van der Waals surface area contributed by atoms with Crippen molar-refractivity contribution in [3.63, 3.8) is 0 Å². The summed E-state index contributed by atoms with van der Waals surface area (Å²) < 4.78 is 5.05. The van der Waals surface area contributed by atoms with Crippen molar-refractivity contribution in [2.75, 3.05) is 0 Å². The molecule has 0 aliphatic carbocycles. The van der Waals surface area contributed by atoms with E-state index in [9.17, 15) is 5.11 Å². The molecular weight excluding hydrogens is 140 g/mol. The first-order valence-electron chi connectivity index (χ1n) is 3.91. The molecule has 0 saturated heterocycles. The van der Waals surface area contributed by atoms with Crippen molar-refractivity contribution < 1.29 is 9.52 Å². The zero-order chi connectivity index (χ0) is 8.27. The minimum Gasteiger partial charge on any atom is -0.467 e. The molecule has 1 N–H and O–H groups in total. The first-order valence-corrected chi connectivity index (χ1v) is 3.91. The molecule has 1 heterocycles. The van der Waals surface area contributed by atoms with Gasteiger partial charge in [0.2, 0.25) is 0 Å². The average Bonchev–Trinajstić information content (AvgIpc) is 2.35. The van der Waals surface area contributed by atoms with Crippen molar-refractivity contribution in [2.45, 2.75) is 26.4 Å². The van der Waals surface area contributed by atoms with Crippen LogP contribution in [-0.2, 0) is 0 Å². The van der Waals surface area contributed by atoms with Crippen LogP contribution in [0.2, 0.25) is 0 Å². The molecule has 11 heavy (non-hydrogen) atoms. The molecule has 0 bridgehead atoms. The summed E-state index contributed by atoms with van der Waals surface area (Å²) in [6.07, 6.45) is 1.90. The van der Waals surface area contributed by atoms with Crippen molar-refractivity contribution in [2.24, 2.45) is 5.92 Å². The molecule has 1 rings (SSSR count). The maximum absolute atomic E-state index is 9.49. The number of hydrogen-bond acceptors (Lipinski definition) is 2. The molecule has 2 nitrogen and oxygen atoms in total. The van der Waals surface area contributed by atoms with Gasteiger partial charge in [0.1, 0.15) is 11.9 Å². The van der Waals surface area contributed by atoms with Crippen LogP contribution in [0.1, 0.15) is 32.1 Å². The van der Waals surface area contributed by atoms with Gasteiger partial charge in [0, 0.05) is 0 Å². The molecule has 0 spiro atoms. The molecule has 1 atom stereocenters. The number of furan rings is 1. The van der Waals surface area contributed by atoms with Crippen LogP contribution in [-0.4, -0.2) is 5.11 Å². The molecule has 0 saturated carbocycles. The van der Waals surface area contributed by atoms with E-state index >= 15 is 0 Å². The third-order valence-electron chi connectivity index (χ3n) is 1.57. The SMILES string of the molecule is CC(C)CC(O)c1ccco1. The highest BCUT2D eigenvalue weighted by Gasteiger charge is 2.11. The van der Waals surface area contributed by atoms with Gasteiger partial charge in [0.15, 0.2) is 0 Å². The van der Waals surface area contributed by atoms with Gasteiger partial charge >= 0.3 is 0 Å². The van der Waals surface area contributed by atoms with Crippen LogP contribution in [0.25, 0.3) is 0 Å². The van der Waals surface area contributed by atoms with Crippen LogP contribution in [0.5, 0.6) is 0 Å². The van der Waals surface area contributed by atoms with Crippen molar-refractivity contribution >= 4 is 0 Å². The molecule has 0 fully saturated rings. The second-order valence-corrected chi connectivity index (χ2v) is 3.16. The van der Waals surface area contributed by atoms with Gasteiger partial charge in [0.25, 0.3) is 0 Å². The summed E-state index contributed by atoms with van der Waals surface area (Å²) in [7, 11) is 0. The van der Waals surface area contributed by atoms with Crippen LogP contribution in [0.4, 0.5) is 0 Å². The second kappa shape index (κ2) is 3.58. The minimum absolute atomic E-state index is 0.440. The van der Waals surface area contributed by atoms with Crippen molar-refractivity contribution in [1.82, 2.24) is 0 Å². The van der Waals surface area contributed by atoms with Gasteiger partial charge in [-0.25, -0.2) is 0 Å². The van der Waals surface area contributed by atoms with E-state index in [1.165, 1.54) is 0 Å². The summed E-state index contributed by atoms with van der Waals surface area (Å²) in [5.41, 5.74) is 0. The fraction of sp³-hybridized carbons (Fsp3) is 0.556. The van der Waals surface area contributed by atoms with Gasteiger partial charge in [0.05, 0.1) is 6.26 Å². The quantitative estimate of drug-likeness (QED) is 0.725. The minimum atomic E-state index is -0.440. The van der Waals surface area contributed by atoms with Crippen LogP contribution in [0.3, 0.4) is 0 Å². The Labute approximate surface area is 66.8 Å². The summed E-state index contributed by atoms with van der Waals surface area (Å²) >= 11 is 0. The molecule has 2 heteroatoms. The van der Waals surface area contributed by atoms with Crippen molar-refractivity contribution in [3.8, 4) is 0 Å². The largest absolute Gasteiger partial charge is 0.467 e. The van der Waals surface area contributed by atoms with E-state index in [4.69, 9.17) is 4.42 Å². The normalized spacial score (nSPS) is 13.8. The lowest BCUT2D eigenvalue weighted by Crippen LogP contribution is -1.99. The Balaban J connectivity index is 2.49. The highest BCUT2D eigenvalue weighted by molar-refractivity contribution is 5.01. The molecule has 0 aromatic carbocycles. The molecular formula is C9H14O2. The Morgan fingerprint density at radius 2 is 2.27 bits per heavy atom. The number of hydrogen-bond donors (Lipinski definition) is 1. The molecule has 0 amide bonds. The van der Waals surface area contributed by atoms with Crippen LogP contribution < -0.4 is 0 Å². The molecule has 62 valence electrons. The molecule has 1 unspecified atom stereocenters. The van der Waals surface area contributed by atoms with Gasteiger partial charge in [-0.2, -0.15) is 0 Å². The lowest BCUT2D eigenvalue weighted by Gasteiger charge is -2.09. The van der Waals surface area contributed by atoms with Gasteiger partial charge in [-0.3, -0.25) is 0 Å². The summed E-state index contributed by atoms with van der Waals surface area (Å²) in [5.74, 6) is 1.16. The topological polar surface area (TPSA) is 33.4 Å². The highest BCUT2D eigenvalue weighted by Crippen LogP contribution is 2.20. The maximum Gasteiger partial charge on any atom is 0.132 e. The summed E-state index contributed by atoms with van der Waals surface area (Å²) in [4.78, 5) is 0. The third kappa shape index (κ3) is 2.39. The molecule has 0 radical (unpaired) electrons. The molecule has 1 aromatic heterocycles. The zero-order valence-corrected chi connectivity index (χ0v) is 6.95. The second-order valence-electron chi connectivity index (χ2n) is 3.16. The number of rotatable bonds is 3. The van der Waals surface area contributed by atoms with Crippen LogP contribution in [0, 0.1) is 5.92 Å². The fourth-order valence-corrected chi connectivity index (χ4v) is 1.04. The lowest BCUT2D eigenvalue weighted by molar-refractivity contribution is 0.126. The first kappa shape index (κ1) is 8.34. The van der Waals surface area contributed by atoms with E-state index in [0.29, 0.717) is 11.7 Å². The Morgan fingerprint density at radius 1 is 1.55 bits per heavy atom. The van der Waals surface area contributed by atoms with Crippen molar-refractivity contribution in [3.05, 3.63) is 24.2 Å². The van der Waals surface area contributed by atoms with Crippen LogP contribution in [0.15, 0.2) is 22.8 Å².